The van der Waals surface area contributed by atoms with E-state index >= 15 is 0 Å². The molecule has 0 unspecified atom stereocenters. The molecule has 0 radical (unpaired) electrons. The number of sulfonamides is 1. The van der Waals surface area contributed by atoms with Gasteiger partial charge in [-0.2, -0.15) is 0 Å². The number of benzene rings is 1. The molecule has 0 fully saturated rings. The van der Waals surface area contributed by atoms with E-state index < -0.39 is 10.0 Å². The molecule has 4 N–H and O–H groups in total. The molecule has 0 aromatic heterocycles. The van der Waals surface area contributed by atoms with Crippen LogP contribution in [0, 0.1) is 0 Å². The highest BCUT2D eigenvalue weighted by Gasteiger charge is 2.08. The maximum absolute atomic E-state index is 11.4. The van der Waals surface area contributed by atoms with E-state index in [-0.39, 0.29) is 10.9 Å². The zero-order valence-electron chi connectivity index (χ0n) is 10.1. The lowest BCUT2D eigenvalue weighted by molar-refractivity contribution is 0.252. The molecule has 0 atom stereocenters. The van der Waals surface area contributed by atoms with E-state index in [9.17, 15) is 13.2 Å². The van der Waals surface area contributed by atoms with Crippen LogP contribution in [-0.2, 0) is 10.0 Å². The Morgan fingerprint density at radius 1 is 1.39 bits per heavy atom. The van der Waals surface area contributed by atoms with Gasteiger partial charge in [-0.3, -0.25) is 0 Å². The number of amides is 2. The molecule has 1 aromatic carbocycles. The van der Waals surface area contributed by atoms with Crippen LogP contribution in [0.15, 0.2) is 29.2 Å². The second-order valence-electron chi connectivity index (χ2n) is 3.81. The average molecular weight is 271 g/mol. The Labute approximate surface area is 107 Å². The van der Waals surface area contributed by atoms with Crippen molar-refractivity contribution < 1.29 is 13.2 Å². The van der Waals surface area contributed by atoms with Crippen molar-refractivity contribution >= 4 is 21.7 Å². The summed E-state index contributed by atoms with van der Waals surface area (Å²) < 4.78 is 22.3. The molecule has 0 bridgehead atoms. The van der Waals surface area contributed by atoms with Crippen molar-refractivity contribution in [3.05, 3.63) is 24.3 Å². The van der Waals surface area contributed by atoms with Crippen LogP contribution in [0.25, 0.3) is 0 Å². The van der Waals surface area contributed by atoms with Crippen molar-refractivity contribution in [2.45, 2.75) is 24.7 Å². The molecule has 1 aromatic rings. The maximum atomic E-state index is 11.4. The molecule has 100 valence electrons. The van der Waals surface area contributed by atoms with Crippen LogP contribution in [0.5, 0.6) is 0 Å². The standard InChI is InChI=1S/C11H17N3O3S/c1-2-3-7-13-11(15)14-9-5-4-6-10(8-9)18(12,16)17/h4-6,8H,2-3,7H2,1H3,(H2,12,16,17)(H2,13,14,15). The van der Waals surface area contributed by atoms with Gasteiger partial charge < -0.3 is 10.6 Å². The predicted molar refractivity (Wildman–Crippen MR) is 69.7 cm³/mol. The highest BCUT2D eigenvalue weighted by Crippen LogP contribution is 2.13. The van der Waals surface area contributed by atoms with Crippen molar-refractivity contribution in [2.24, 2.45) is 5.14 Å². The van der Waals surface area contributed by atoms with Gasteiger partial charge in [0, 0.05) is 12.2 Å². The van der Waals surface area contributed by atoms with Crippen LogP contribution in [0.2, 0.25) is 0 Å². The minimum atomic E-state index is -3.75. The predicted octanol–water partition coefficient (Wildman–Crippen LogP) is 1.26. The lowest BCUT2D eigenvalue weighted by Gasteiger charge is -2.08. The SMILES string of the molecule is CCCCNC(=O)Nc1cccc(S(N)(=O)=O)c1. The van der Waals surface area contributed by atoms with Crippen molar-refractivity contribution in [3.8, 4) is 0 Å². The number of urea groups is 1. The highest BCUT2D eigenvalue weighted by molar-refractivity contribution is 7.89. The van der Waals surface area contributed by atoms with E-state index in [4.69, 9.17) is 5.14 Å². The molecule has 2 amide bonds. The molecule has 0 saturated carbocycles. The fourth-order valence-corrected chi connectivity index (χ4v) is 1.86. The van der Waals surface area contributed by atoms with E-state index in [2.05, 4.69) is 10.6 Å². The summed E-state index contributed by atoms with van der Waals surface area (Å²) >= 11 is 0. The quantitative estimate of drug-likeness (QED) is 0.702. The van der Waals surface area contributed by atoms with Crippen LogP contribution in [0.1, 0.15) is 19.8 Å². The summed E-state index contributed by atoms with van der Waals surface area (Å²) in [6.45, 7) is 2.60. The van der Waals surface area contributed by atoms with Gasteiger partial charge in [-0.05, 0) is 24.6 Å². The topological polar surface area (TPSA) is 101 Å². The Kier molecular flexibility index (Phi) is 5.11. The number of nitrogens with one attached hydrogen (secondary N) is 2. The van der Waals surface area contributed by atoms with Crippen LogP contribution in [-0.4, -0.2) is 21.0 Å². The van der Waals surface area contributed by atoms with Gasteiger partial charge in [-0.15, -0.1) is 0 Å². The first-order chi connectivity index (χ1) is 8.43. The van der Waals surface area contributed by atoms with Crippen molar-refractivity contribution in [1.82, 2.24) is 5.32 Å². The summed E-state index contributed by atoms with van der Waals surface area (Å²) in [4.78, 5) is 11.4. The summed E-state index contributed by atoms with van der Waals surface area (Å²) in [6.07, 6.45) is 1.88. The molecule has 0 heterocycles. The van der Waals surface area contributed by atoms with E-state index in [0.717, 1.165) is 12.8 Å². The van der Waals surface area contributed by atoms with Gasteiger partial charge in [0.15, 0.2) is 0 Å². The maximum Gasteiger partial charge on any atom is 0.319 e. The molecule has 0 aliphatic carbocycles. The number of carbonyl (C=O) groups is 1. The van der Waals surface area contributed by atoms with Crippen molar-refractivity contribution in [1.29, 1.82) is 0 Å². The Hall–Kier alpha value is -1.60. The molecular weight excluding hydrogens is 254 g/mol. The second-order valence-corrected chi connectivity index (χ2v) is 5.37. The zero-order chi connectivity index (χ0) is 13.6. The van der Waals surface area contributed by atoms with Gasteiger partial charge in [-0.25, -0.2) is 18.4 Å². The van der Waals surface area contributed by atoms with Crippen molar-refractivity contribution in [3.63, 3.8) is 0 Å². The minimum absolute atomic E-state index is 0.0335. The highest BCUT2D eigenvalue weighted by atomic mass is 32.2. The molecular formula is C11H17N3O3S. The summed E-state index contributed by atoms with van der Waals surface area (Å²) in [7, 11) is -3.75. The Balaban J connectivity index is 2.65. The molecule has 0 spiro atoms. The number of carbonyl (C=O) groups excluding carboxylic acids is 1. The van der Waals surface area contributed by atoms with E-state index in [0.29, 0.717) is 12.2 Å². The number of unbranched alkanes of at least 4 members (excludes halogenated alkanes) is 1. The van der Waals surface area contributed by atoms with Crippen molar-refractivity contribution in [2.75, 3.05) is 11.9 Å². The summed E-state index contributed by atoms with van der Waals surface area (Å²) in [5.41, 5.74) is 0.385. The second kappa shape index (κ2) is 6.36. The third-order valence-electron chi connectivity index (χ3n) is 2.24. The van der Waals surface area contributed by atoms with Gasteiger partial charge in [0.25, 0.3) is 0 Å². The van der Waals surface area contributed by atoms with Crippen LogP contribution in [0.4, 0.5) is 10.5 Å². The van der Waals surface area contributed by atoms with E-state index in [1.165, 1.54) is 18.2 Å². The van der Waals surface area contributed by atoms with Crippen LogP contribution >= 0.6 is 0 Å². The van der Waals surface area contributed by atoms with Crippen LogP contribution < -0.4 is 15.8 Å². The number of nitrogens with two attached hydrogens (primary N) is 1. The van der Waals surface area contributed by atoms with E-state index in [1.54, 1.807) is 6.07 Å². The average Bonchev–Trinajstić information content (AvgIpc) is 2.28. The van der Waals surface area contributed by atoms with Gasteiger partial charge in [-0.1, -0.05) is 19.4 Å². The van der Waals surface area contributed by atoms with Gasteiger partial charge >= 0.3 is 6.03 Å². The van der Waals surface area contributed by atoms with Gasteiger partial charge in [0.1, 0.15) is 0 Å². The summed E-state index contributed by atoms with van der Waals surface area (Å²) in [6, 6.07) is 5.43. The first-order valence-corrected chi connectivity index (χ1v) is 7.16. The Morgan fingerprint density at radius 3 is 2.72 bits per heavy atom. The fourth-order valence-electron chi connectivity index (χ4n) is 1.30. The smallest absolute Gasteiger partial charge is 0.319 e. The zero-order valence-corrected chi connectivity index (χ0v) is 11.0. The first-order valence-electron chi connectivity index (χ1n) is 5.61. The molecule has 7 heteroatoms. The fraction of sp³-hybridized carbons (Fsp3) is 0.364. The Bertz CT molecular complexity index is 514. The first kappa shape index (κ1) is 14.5. The molecule has 18 heavy (non-hydrogen) atoms. The lowest BCUT2D eigenvalue weighted by Crippen LogP contribution is -2.29. The number of primary sulfonamides is 1. The molecule has 1 rings (SSSR count). The van der Waals surface area contributed by atoms with Gasteiger partial charge in [0.2, 0.25) is 10.0 Å². The molecule has 6 nitrogen and oxygen atoms in total. The normalized spacial score (nSPS) is 11.0. The Morgan fingerprint density at radius 2 is 2.11 bits per heavy atom. The van der Waals surface area contributed by atoms with Gasteiger partial charge in [0.05, 0.1) is 4.90 Å². The summed E-state index contributed by atoms with van der Waals surface area (Å²) in [5, 5.41) is 10.2. The number of hydrogen-bond donors (Lipinski definition) is 3. The van der Waals surface area contributed by atoms with Crippen LogP contribution in [0.3, 0.4) is 0 Å². The van der Waals surface area contributed by atoms with E-state index in [1.807, 2.05) is 6.92 Å². The number of hydrogen-bond acceptors (Lipinski definition) is 3. The summed E-state index contributed by atoms with van der Waals surface area (Å²) in [5.74, 6) is 0. The lowest BCUT2D eigenvalue weighted by atomic mass is 10.3. The largest absolute Gasteiger partial charge is 0.338 e. The third-order valence-corrected chi connectivity index (χ3v) is 3.15. The molecule has 0 saturated heterocycles. The monoisotopic (exact) mass is 271 g/mol. The number of anilines is 1. The molecule has 0 aliphatic rings. The molecule has 0 aliphatic heterocycles. The third kappa shape index (κ3) is 4.72. The number of rotatable bonds is 5. The minimum Gasteiger partial charge on any atom is -0.338 e.